The van der Waals surface area contributed by atoms with Gasteiger partial charge in [-0.05, 0) is 12.3 Å². The predicted octanol–water partition coefficient (Wildman–Crippen LogP) is 5.27. The number of carbonyl (C=O) groups is 1. The number of hydrogen-bond acceptors (Lipinski definition) is 4. The van der Waals surface area contributed by atoms with Crippen molar-refractivity contribution in [3.05, 3.63) is 0 Å². The van der Waals surface area contributed by atoms with E-state index in [1.807, 2.05) is 0 Å². The molecule has 0 radical (unpaired) electrons. The molecule has 0 heterocycles. The van der Waals surface area contributed by atoms with Crippen LogP contribution in [0.25, 0.3) is 0 Å². The summed E-state index contributed by atoms with van der Waals surface area (Å²) < 4.78 is 0. The van der Waals surface area contributed by atoms with Gasteiger partial charge in [-0.25, -0.2) is 0 Å². The molecule has 1 unspecified atom stereocenters. The van der Waals surface area contributed by atoms with E-state index in [2.05, 4.69) is 13.8 Å². The molecule has 0 bridgehead atoms. The second kappa shape index (κ2) is 17.4. The Balaban J connectivity index is 3.53. The van der Waals surface area contributed by atoms with Gasteiger partial charge in [0.1, 0.15) is 5.78 Å². The topological polar surface area (TPSA) is 77.8 Å². The number of aliphatic hydroxyl groups excluding tert-OH is 3. The molecule has 28 heavy (non-hydrogen) atoms. The molecule has 0 fully saturated rings. The van der Waals surface area contributed by atoms with Crippen LogP contribution >= 0.6 is 0 Å². The number of Topliss-reactive ketones (excluding diaryl/α,β-unsaturated/α-hetero) is 1. The first-order valence-electron chi connectivity index (χ1n) is 11.8. The number of unbranched alkanes of at least 4 members (excludes halogenated alkanes) is 11. The van der Waals surface area contributed by atoms with Crippen LogP contribution in [0.3, 0.4) is 0 Å². The molecule has 0 rings (SSSR count). The van der Waals surface area contributed by atoms with E-state index in [9.17, 15) is 20.1 Å². The van der Waals surface area contributed by atoms with E-state index in [-0.39, 0.29) is 25.6 Å². The van der Waals surface area contributed by atoms with Gasteiger partial charge in [-0.15, -0.1) is 0 Å². The van der Waals surface area contributed by atoms with Crippen LogP contribution in [0.1, 0.15) is 111 Å². The molecule has 0 aliphatic rings. The largest absolute Gasteiger partial charge is 0.396 e. The van der Waals surface area contributed by atoms with E-state index < -0.39 is 11.3 Å². The van der Waals surface area contributed by atoms with Crippen LogP contribution in [0.5, 0.6) is 0 Å². The molecular weight excluding hydrogens is 352 g/mol. The number of ketones is 1. The van der Waals surface area contributed by atoms with Gasteiger partial charge in [-0.1, -0.05) is 97.8 Å². The summed E-state index contributed by atoms with van der Waals surface area (Å²) in [5.41, 5.74) is -1.09. The van der Waals surface area contributed by atoms with Crippen molar-refractivity contribution < 1.29 is 20.1 Å². The lowest BCUT2D eigenvalue weighted by molar-refractivity contribution is -0.132. The second-order valence-electron chi connectivity index (χ2n) is 9.20. The Morgan fingerprint density at radius 1 is 0.643 bits per heavy atom. The Kier molecular flexibility index (Phi) is 17.1. The third-order valence-corrected chi connectivity index (χ3v) is 6.30. The van der Waals surface area contributed by atoms with Crippen LogP contribution in [0.2, 0.25) is 0 Å². The van der Waals surface area contributed by atoms with Gasteiger partial charge < -0.3 is 15.3 Å². The van der Waals surface area contributed by atoms with E-state index in [0.29, 0.717) is 6.42 Å². The minimum atomic E-state index is -1.09. The highest BCUT2D eigenvalue weighted by atomic mass is 16.3. The van der Waals surface area contributed by atoms with Crippen LogP contribution in [0, 0.1) is 17.3 Å². The highest BCUT2D eigenvalue weighted by molar-refractivity contribution is 5.81. The van der Waals surface area contributed by atoms with Crippen LogP contribution in [0.4, 0.5) is 0 Å². The Morgan fingerprint density at radius 3 is 1.36 bits per heavy atom. The number of aliphatic hydroxyl groups is 3. The molecule has 4 heteroatoms. The summed E-state index contributed by atoms with van der Waals surface area (Å²) in [5, 5.41) is 28.3. The lowest BCUT2D eigenvalue weighted by Gasteiger charge is -2.33. The lowest BCUT2D eigenvalue weighted by Crippen LogP contribution is -2.43. The molecular formula is C24H48O4. The van der Waals surface area contributed by atoms with Crippen molar-refractivity contribution in [2.24, 2.45) is 17.3 Å². The molecule has 0 aliphatic carbocycles. The van der Waals surface area contributed by atoms with Crippen LogP contribution in [-0.4, -0.2) is 40.9 Å². The highest BCUT2D eigenvalue weighted by Gasteiger charge is 2.38. The first kappa shape index (κ1) is 27.5. The van der Waals surface area contributed by atoms with Gasteiger partial charge >= 0.3 is 0 Å². The van der Waals surface area contributed by atoms with Gasteiger partial charge in [-0.2, -0.15) is 0 Å². The molecule has 0 aromatic carbocycles. The average molecular weight is 401 g/mol. The fourth-order valence-corrected chi connectivity index (χ4v) is 3.74. The van der Waals surface area contributed by atoms with Gasteiger partial charge in [0.05, 0.1) is 19.8 Å². The Labute approximate surface area is 174 Å². The Morgan fingerprint density at radius 2 is 1.00 bits per heavy atom. The monoisotopic (exact) mass is 400 g/mol. The minimum absolute atomic E-state index is 0.0329. The van der Waals surface area contributed by atoms with Gasteiger partial charge in [0.2, 0.25) is 0 Å². The van der Waals surface area contributed by atoms with E-state index in [1.165, 1.54) is 70.6 Å². The van der Waals surface area contributed by atoms with Gasteiger partial charge in [0.15, 0.2) is 0 Å². The van der Waals surface area contributed by atoms with E-state index in [4.69, 9.17) is 0 Å². The zero-order chi connectivity index (χ0) is 21.3. The molecule has 0 aromatic rings. The van der Waals surface area contributed by atoms with Crippen molar-refractivity contribution in [1.29, 1.82) is 0 Å². The number of rotatable bonds is 20. The van der Waals surface area contributed by atoms with Gasteiger partial charge in [0, 0.05) is 17.8 Å². The maximum Gasteiger partial charge on any atom is 0.136 e. The Hall–Kier alpha value is -0.450. The third kappa shape index (κ3) is 12.2. The molecule has 0 spiro atoms. The first-order valence-corrected chi connectivity index (χ1v) is 11.8. The average Bonchev–Trinajstić information content (AvgIpc) is 2.69. The summed E-state index contributed by atoms with van der Waals surface area (Å²) in [6.45, 7) is 5.19. The van der Waals surface area contributed by atoms with E-state index in [0.717, 1.165) is 18.8 Å². The molecule has 0 saturated heterocycles. The van der Waals surface area contributed by atoms with Gasteiger partial charge in [-0.3, -0.25) is 4.79 Å². The predicted molar refractivity (Wildman–Crippen MR) is 117 cm³/mol. The van der Waals surface area contributed by atoms with Crippen LogP contribution < -0.4 is 0 Å². The van der Waals surface area contributed by atoms with E-state index in [1.54, 1.807) is 6.92 Å². The SMILES string of the molecule is CC(C)CCCCCCCCCCCCCCC(=O)C(C)C(CO)(CO)CO. The van der Waals surface area contributed by atoms with Crippen LogP contribution in [0.15, 0.2) is 0 Å². The van der Waals surface area contributed by atoms with Crippen molar-refractivity contribution >= 4 is 5.78 Å². The van der Waals surface area contributed by atoms with Crippen molar-refractivity contribution in [3.8, 4) is 0 Å². The molecule has 0 amide bonds. The van der Waals surface area contributed by atoms with Crippen molar-refractivity contribution in [1.82, 2.24) is 0 Å². The Bertz CT molecular complexity index is 355. The second-order valence-corrected chi connectivity index (χ2v) is 9.20. The zero-order valence-corrected chi connectivity index (χ0v) is 18.9. The summed E-state index contributed by atoms with van der Waals surface area (Å²) in [7, 11) is 0. The lowest BCUT2D eigenvalue weighted by atomic mass is 9.75. The first-order chi connectivity index (χ1) is 13.4. The normalized spacial score (nSPS) is 13.2. The van der Waals surface area contributed by atoms with Crippen molar-refractivity contribution in [2.75, 3.05) is 19.8 Å². The fraction of sp³-hybridized carbons (Fsp3) is 0.958. The zero-order valence-electron chi connectivity index (χ0n) is 18.9. The quantitative estimate of drug-likeness (QED) is 0.243. The molecule has 3 N–H and O–H groups in total. The smallest absolute Gasteiger partial charge is 0.136 e. The number of hydrogen-bond donors (Lipinski definition) is 3. The maximum atomic E-state index is 12.3. The maximum absolute atomic E-state index is 12.3. The summed E-state index contributed by atoms with van der Waals surface area (Å²) >= 11 is 0. The molecule has 0 saturated carbocycles. The van der Waals surface area contributed by atoms with Crippen molar-refractivity contribution in [3.63, 3.8) is 0 Å². The summed E-state index contributed by atoms with van der Waals surface area (Å²) in [6, 6.07) is 0. The molecule has 0 aromatic heterocycles. The van der Waals surface area contributed by atoms with Crippen molar-refractivity contribution in [2.45, 2.75) is 111 Å². The molecule has 168 valence electrons. The molecule has 4 nitrogen and oxygen atoms in total. The number of carbonyl (C=O) groups excluding carboxylic acids is 1. The third-order valence-electron chi connectivity index (χ3n) is 6.30. The summed E-state index contributed by atoms with van der Waals surface area (Å²) in [6.07, 6.45) is 17.1. The van der Waals surface area contributed by atoms with E-state index >= 15 is 0 Å². The minimum Gasteiger partial charge on any atom is -0.396 e. The summed E-state index contributed by atoms with van der Waals surface area (Å²) in [5.74, 6) is 0.361. The molecule has 1 atom stereocenters. The standard InChI is InChI=1S/C24H48O4/c1-21(2)16-14-12-10-8-6-4-5-7-9-11-13-15-17-23(28)22(3)24(18-25,19-26)20-27/h21-22,25-27H,4-20H2,1-3H3. The van der Waals surface area contributed by atoms with Crippen LogP contribution in [-0.2, 0) is 4.79 Å². The fourth-order valence-electron chi connectivity index (χ4n) is 3.74. The highest BCUT2D eigenvalue weighted by Crippen LogP contribution is 2.28. The summed E-state index contributed by atoms with van der Waals surface area (Å²) in [4.78, 5) is 12.3. The van der Waals surface area contributed by atoms with Gasteiger partial charge in [0.25, 0.3) is 0 Å². The molecule has 0 aliphatic heterocycles.